The maximum atomic E-state index is 13.3. The molecule has 0 aliphatic carbocycles. The fourth-order valence-electron chi connectivity index (χ4n) is 1.87. The van der Waals surface area contributed by atoms with Gasteiger partial charge in [0.1, 0.15) is 0 Å². The molecule has 1 heterocycles. The second kappa shape index (κ2) is 5.89. The zero-order chi connectivity index (χ0) is 13.0. The van der Waals surface area contributed by atoms with E-state index in [1.54, 1.807) is 0 Å². The van der Waals surface area contributed by atoms with Gasteiger partial charge >= 0.3 is 0 Å². The number of halogens is 3. The Labute approximate surface area is 99.3 Å². The van der Waals surface area contributed by atoms with Gasteiger partial charge in [-0.05, 0) is 12.8 Å². The summed E-state index contributed by atoms with van der Waals surface area (Å²) in [7, 11) is 0. The van der Waals surface area contributed by atoms with Crippen LogP contribution in [-0.4, -0.2) is 11.0 Å². The summed E-state index contributed by atoms with van der Waals surface area (Å²) >= 11 is 0. The van der Waals surface area contributed by atoms with Crippen LogP contribution >= 0.6 is 0 Å². The van der Waals surface area contributed by atoms with Crippen molar-refractivity contribution in [3.8, 4) is 0 Å². The molecule has 0 aromatic carbocycles. The van der Waals surface area contributed by atoms with Crippen molar-refractivity contribution in [1.29, 1.82) is 0 Å². The van der Waals surface area contributed by atoms with Crippen molar-refractivity contribution in [3.05, 3.63) is 23.6 Å². The molecule has 0 spiro atoms. The number of nitrogens with zero attached hydrogens (tertiary/aromatic N) is 1. The Kier molecular flexibility index (Phi) is 4.78. The van der Waals surface area contributed by atoms with Gasteiger partial charge in [0.2, 0.25) is 0 Å². The lowest BCUT2D eigenvalue weighted by Gasteiger charge is -2.23. The molecule has 1 aromatic rings. The van der Waals surface area contributed by atoms with E-state index in [1.165, 1.54) is 0 Å². The third kappa shape index (κ3) is 3.35. The second-order valence-electron chi connectivity index (χ2n) is 4.10. The summed E-state index contributed by atoms with van der Waals surface area (Å²) in [5, 5.41) is 2.79. The van der Waals surface area contributed by atoms with Gasteiger partial charge in [-0.15, -0.1) is 0 Å². The van der Waals surface area contributed by atoms with Gasteiger partial charge < -0.3 is 5.32 Å². The molecule has 1 atom stereocenters. The number of rotatable bonds is 5. The van der Waals surface area contributed by atoms with E-state index in [9.17, 15) is 13.2 Å². The van der Waals surface area contributed by atoms with Crippen LogP contribution in [-0.2, 0) is 0 Å². The molecule has 0 radical (unpaired) electrons. The van der Waals surface area contributed by atoms with Crippen LogP contribution in [0.4, 0.5) is 19.0 Å². The van der Waals surface area contributed by atoms with Crippen LogP contribution in [0.1, 0.15) is 33.6 Å². The van der Waals surface area contributed by atoms with E-state index in [1.807, 2.05) is 20.8 Å². The first kappa shape index (κ1) is 13.8. The number of nitrogens with one attached hydrogen (secondary N) is 1. The highest BCUT2D eigenvalue weighted by Gasteiger charge is 2.17. The lowest BCUT2D eigenvalue weighted by Crippen LogP contribution is -2.26. The Morgan fingerprint density at radius 3 is 2.29 bits per heavy atom. The lowest BCUT2D eigenvalue weighted by molar-refractivity contribution is 0.429. The van der Waals surface area contributed by atoms with Gasteiger partial charge in [-0.3, -0.25) is 0 Å². The molecular formula is C12H17F3N2. The van der Waals surface area contributed by atoms with Gasteiger partial charge in [-0.25, -0.2) is 8.78 Å². The standard InChI is InChI=1S/C12H17F3N2/c1-4-8(5-2)7(3)16-12-10(14)6-9(13)11(15)17-12/h6-8H,4-5H2,1-3H3,(H,16,17). The van der Waals surface area contributed by atoms with Gasteiger partial charge in [0.05, 0.1) is 0 Å². The number of pyridine rings is 1. The number of hydrogen-bond acceptors (Lipinski definition) is 2. The molecule has 0 saturated heterocycles. The maximum absolute atomic E-state index is 13.3. The van der Waals surface area contributed by atoms with E-state index in [4.69, 9.17) is 0 Å². The van der Waals surface area contributed by atoms with E-state index in [-0.39, 0.29) is 11.9 Å². The molecule has 17 heavy (non-hydrogen) atoms. The summed E-state index contributed by atoms with van der Waals surface area (Å²) in [4.78, 5) is 3.24. The van der Waals surface area contributed by atoms with Crippen LogP contribution in [0.3, 0.4) is 0 Å². The van der Waals surface area contributed by atoms with Crippen LogP contribution in [0, 0.1) is 23.5 Å². The van der Waals surface area contributed by atoms with E-state index in [2.05, 4.69) is 10.3 Å². The first-order valence-corrected chi connectivity index (χ1v) is 5.77. The summed E-state index contributed by atoms with van der Waals surface area (Å²) in [6.07, 6.45) is 1.85. The maximum Gasteiger partial charge on any atom is 0.251 e. The molecule has 0 saturated carbocycles. The van der Waals surface area contributed by atoms with Crippen molar-refractivity contribution in [2.24, 2.45) is 5.92 Å². The first-order chi connectivity index (χ1) is 7.99. The molecule has 1 N–H and O–H groups in total. The Hall–Kier alpha value is -1.26. The Morgan fingerprint density at radius 2 is 1.76 bits per heavy atom. The van der Waals surface area contributed by atoms with Crippen molar-refractivity contribution in [2.75, 3.05) is 5.32 Å². The van der Waals surface area contributed by atoms with Crippen LogP contribution in [0.25, 0.3) is 0 Å². The van der Waals surface area contributed by atoms with Crippen molar-refractivity contribution in [3.63, 3.8) is 0 Å². The highest BCUT2D eigenvalue weighted by Crippen LogP contribution is 2.20. The second-order valence-corrected chi connectivity index (χ2v) is 4.10. The smallest absolute Gasteiger partial charge is 0.251 e. The fraction of sp³-hybridized carbons (Fsp3) is 0.583. The Bertz CT molecular complexity index is 378. The highest BCUT2D eigenvalue weighted by molar-refractivity contribution is 5.37. The molecule has 2 nitrogen and oxygen atoms in total. The van der Waals surface area contributed by atoms with Gasteiger partial charge in [0.15, 0.2) is 17.5 Å². The summed E-state index contributed by atoms with van der Waals surface area (Å²) < 4.78 is 38.9. The zero-order valence-corrected chi connectivity index (χ0v) is 10.2. The third-order valence-corrected chi connectivity index (χ3v) is 3.01. The molecule has 96 valence electrons. The average molecular weight is 246 g/mol. The van der Waals surface area contributed by atoms with Gasteiger partial charge in [0.25, 0.3) is 5.95 Å². The van der Waals surface area contributed by atoms with Crippen LogP contribution in [0.15, 0.2) is 6.07 Å². The lowest BCUT2D eigenvalue weighted by atomic mass is 9.95. The molecule has 0 amide bonds. The monoisotopic (exact) mass is 246 g/mol. The summed E-state index contributed by atoms with van der Waals surface area (Å²) in [5.41, 5.74) is 0. The van der Waals surface area contributed by atoms with Crippen molar-refractivity contribution in [2.45, 2.75) is 39.7 Å². The first-order valence-electron chi connectivity index (χ1n) is 5.77. The average Bonchev–Trinajstić information content (AvgIpc) is 2.27. The van der Waals surface area contributed by atoms with Crippen LogP contribution in [0.2, 0.25) is 0 Å². The largest absolute Gasteiger partial charge is 0.365 e. The van der Waals surface area contributed by atoms with E-state index in [0.29, 0.717) is 12.0 Å². The van der Waals surface area contributed by atoms with Crippen LogP contribution < -0.4 is 5.32 Å². The number of hydrogen-bond donors (Lipinski definition) is 1. The summed E-state index contributed by atoms with van der Waals surface area (Å²) in [6, 6.07) is 0.460. The minimum Gasteiger partial charge on any atom is -0.365 e. The molecule has 0 aliphatic rings. The molecule has 0 fully saturated rings. The molecule has 1 aromatic heterocycles. The third-order valence-electron chi connectivity index (χ3n) is 3.01. The quantitative estimate of drug-likeness (QED) is 0.800. The predicted octanol–water partition coefficient (Wildman–Crippen LogP) is 3.74. The van der Waals surface area contributed by atoms with Gasteiger partial charge in [0, 0.05) is 12.1 Å². The number of aromatic nitrogens is 1. The van der Waals surface area contributed by atoms with Crippen molar-refractivity contribution < 1.29 is 13.2 Å². The highest BCUT2D eigenvalue weighted by atomic mass is 19.2. The molecule has 5 heteroatoms. The van der Waals surface area contributed by atoms with E-state index in [0.717, 1.165) is 12.8 Å². The van der Waals surface area contributed by atoms with Crippen molar-refractivity contribution >= 4 is 5.82 Å². The van der Waals surface area contributed by atoms with Crippen molar-refractivity contribution in [1.82, 2.24) is 4.98 Å². The normalized spacial score (nSPS) is 12.9. The summed E-state index contributed by atoms with van der Waals surface area (Å²) in [5.74, 6) is -3.33. The predicted molar refractivity (Wildman–Crippen MR) is 61.3 cm³/mol. The van der Waals surface area contributed by atoms with E-state index >= 15 is 0 Å². The molecular weight excluding hydrogens is 229 g/mol. The zero-order valence-electron chi connectivity index (χ0n) is 10.2. The minimum atomic E-state index is -1.29. The Balaban J connectivity index is 2.84. The molecule has 0 bridgehead atoms. The minimum absolute atomic E-state index is 0.0446. The molecule has 0 aliphatic heterocycles. The molecule has 1 unspecified atom stereocenters. The Morgan fingerprint density at radius 1 is 1.18 bits per heavy atom. The van der Waals surface area contributed by atoms with Gasteiger partial charge in [-0.2, -0.15) is 9.37 Å². The van der Waals surface area contributed by atoms with E-state index < -0.39 is 17.6 Å². The SMILES string of the molecule is CCC(CC)C(C)Nc1nc(F)c(F)cc1F. The van der Waals surface area contributed by atoms with Crippen LogP contribution in [0.5, 0.6) is 0 Å². The fourth-order valence-corrected chi connectivity index (χ4v) is 1.87. The van der Waals surface area contributed by atoms with Gasteiger partial charge in [-0.1, -0.05) is 26.7 Å². The topological polar surface area (TPSA) is 24.9 Å². The number of anilines is 1. The summed E-state index contributed by atoms with van der Waals surface area (Å²) in [6.45, 7) is 5.93. The molecule has 1 rings (SSSR count).